The molecule has 0 spiro atoms. The number of rotatable bonds is 5. The van der Waals surface area contributed by atoms with Gasteiger partial charge in [-0.25, -0.2) is 9.37 Å². The lowest BCUT2D eigenvalue weighted by atomic mass is 10.2. The van der Waals surface area contributed by atoms with E-state index in [1.165, 1.54) is 18.2 Å². The van der Waals surface area contributed by atoms with Crippen LogP contribution in [0.25, 0.3) is 11.4 Å². The van der Waals surface area contributed by atoms with Gasteiger partial charge < -0.3 is 10.3 Å². The van der Waals surface area contributed by atoms with Crippen molar-refractivity contribution in [3.8, 4) is 11.4 Å². The third kappa shape index (κ3) is 4.75. The molecule has 2 aromatic rings. The van der Waals surface area contributed by atoms with Gasteiger partial charge in [0, 0.05) is 22.6 Å². The van der Waals surface area contributed by atoms with Gasteiger partial charge in [0.05, 0.1) is 5.69 Å². The van der Waals surface area contributed by atoms with Crippen molar-refractivity contribution >= 4 is 15.9 Å². The molecule has 21 heavy (non-hydrogen) atoms. The van der Waals surface area contributed by atoms with Gasteiger partial charge in [-0.2, -0.15) is 0 Å². The number of benzene rings is 1. The zero-order valence-corrected chi connectivity index (χ0v) is 13.5. The number of aromatic nitrogens is 2. The van der Waals surface area contributed by atoms with E-state index in [2.05, 4.69) is 45.1 Å². The minimum Gasteiger partial charge on any atom is -0.311 e. The quantitative estimate of drug-likeness (QED) is 0.868. The molecule has 0 saturated carbocycles. The third-order valence-electron chi connectivity index (χ3n) is 2.79. The Kier molecular flexibility index (Phi) is 5.25. The number of aromatic amines is 1. The van der Waals surface area contributed by atoms with Crippen LogP contribution in [0.5, 0.6) is 0 Å². The molecule has 0 radical (unpaired) electrons. The Balaban J connectivity index is 2.28. The van der Waals surface area contributed by atoms with E-state index in [9.17, 15) is 9.18 Å². The summed E-state index contributed by atoms with van der Waals surface area (Å²) >= 11 is 3.23. The largest absolute Gasteiger partial charge is 0.311 e. The molecule has 0 unspecified atom stereocenters. The number of nitrogens with one attached hydrogen (secondary N) is 2. The summed E-state index contributed by atoms with van der Waals surface area (Å²) in [5.74, 6) is 0.500. The molecule has 6 heteroatoms. The molecule has 0 atom stereocenters. The van der Waals surface area contributed by atoms with Crippen LogP contribution in [0.1, 0.15) is 19.5 Å². The van der Waals surface area contributed by atoms with Crippen LogP contribution >= 0.6 is 15.9 Å². The lowest BCUT2D eigenvalue weighted by Gasteiger charge is -2.08. The molecule has 0 aliphatic rings. The van der Waals surface area contributed by atoms with Crippen LogP contribution in [-0.4, -0.2) is 16.5 Å². The molecule has 4 nitrogen and oxygen atoms in total. The van der Waals surface area contributed by atoms with Crippen LogP contribution in [0, 0.1) is 11.7 Å². The molecule has 0 amide bonds. The SMILES string of the molecule is CC(C)CNCc1cc(=O)[nH]c(-c2cc(F)cc(Br)c2)n1. The highest BCUT2D eigenvalue weighted by Crippen LogP contribution is 2.21. The van der Waals surface area contributed by atoms with Gasteiger partial charge in [-0.3, -0.25) is 4.79 Å². The Morgan fingerprint density at radius 2 is 2.10 bits per heavy atom. The van der Waals surface area contributed by atoms with Crippen molar-refractivity contribution < 1.29 is 4.39 Å². The second-order valence-corrected chi connectivity index (χ2v) is 6.18. The van der Waals surface area contributed by atoms with E-state index in [0.717, 1.165) is 6.54 Å². The van der Waals surface area contributed by atoms with E-state index in [4.69, 9.17) is 0 Å². The summed E-state index contributed by atoms with van der Waals surface area (Å²) in [7, 11) is 0. The average molecular weight is 354 g/mol. The van der Waals surface area contributed by atoms with Crippen LogP contribution in [0.15, 0.2) is 33.5 Å². The molecule has 0 bridgehead atoms. The lowest BCUT2D eigenvalue weighted by Crippen LogP contribution is -2.21. The standard InChI is InChI=1S/C15H17BrFN3O/c1-9(2)7-18-8-13-6-14(21)20-15(19-13)10-3-11(16)5-12(17)4-10/h3-6,9,18H,7-8H2,1-2H3,(H,19,20,21). The molecular formula is C15H17BrFN3O. The van der Waals surface area contributed by atoms with Crippen molar-refractivity contribution in [3.63, 3.8) is 0 Å². The maximum Gasteiger partial charge on any atom is 0.251 e. The van der Waals surface area contributed by atoms with Crippen molar-refractivity contribution in [2.24, 2.45) is 5.92 Å². The fraction of sp³-hybridized carbons (Fsp3) is 0.333. The Hall–Kier alpha value is -1.53. The number of H-pyrrole nitrogens is 1. The molecule has 0 saturated heterocycles. The fourth-order valence-corrected chi connectivity index (χ4v) is 2.38. The smallest absolute Gasteiger partial charge is 0.251 e. The fourth-order valence-electron chi connectivity index (χ4n) is 1.91. The summed E-state index contributed by atoms with van der Waals surface area (Å²) in [5.41, 5.74) is 0.918. The Labute approximate surface area is 130 Å². The Bertz CT molecular complexity index is 665. The van der Waals surface area contributed by atoms with E-state index in [1.54, 1.807) is 6.07 Å². The Morgan fingerprint density at radius 1 is 1.33 bits per heavy atom. The molecule has 2 rings (SSSR count). The van der Waals surface area contributed by atoms with Crippen LogP contribution in [0.2, 0.25) is 0 Å². The van der Waals surface area contributed by atoms with Gasteiger partial charge >= 0.3 is 0 Å². The zero-order valence-electron chi connectivity index (χ0n) is 11.9. The second kappa shape index (κ2) is 6.95. The minimum atomic E-state index is -0.384. The highest BCUT2D eigenvalue weighted by atomic mass is 79.9. The summed E-state index contributed by atoms with van der Waals surface area (Å²) < 4.78 is 14.0. The van der Waals surface area contributed by atoms with Crippen LogP contribution in [0.4, 0.5) is 4.39 Å². The first kappa shape index (κ1) is 15.9. The van der Waals surface area contributed by atoms with Gasteiger partial charge in [0.25, 0.3) is 5.56 Å². The minimum absolute atomic E-state index is 0.248. The predicted molar refractivity (Wildman–Crippen MR) is 84.5 cm³/mol. The molecule has 1 heterocycles. The van der Waals surface area contributed by atoms with E-state index in [1.807, 2.05) is 0 Å². The topological polar surface area (TPSA) is 57.8 Å². The summed E-state index contributed by atoms with van der Waals surface area (Å²) in [4.78, 5) is 18.7. The normalized spacial score (nSPS) is 11.1. The van der Waals surface area contributed by atoms with E-state index < -0.39 is 0 Å². The first-order chi connectivity index (χ1) is 9.94. The number of hydrogen-bond donors (Lipinski definition) is 2. The number of hydrogen-bond acceptors (Lipinski definition) is 3. The van der Waals surface area contributed by atoms with Gasteiger partial charge in [0.15, 0.2) is 0 Å². The average Bonchev–Trinajstić information content (AvgIpc) is 2.36. The molecule has 2 N–H and O–H groups in total. The van der Waals surface area contributed by atoms with E-state index >= 15 is 0 Å². The van der Waals surface area contributed by atoms with E-state index in [-0.39, 0.29) is 11.4 Å². The highest BCUT2D eigenvalue weighted by Gasteiger charge is 2.07. The molecule has 112 valence electrons. The van der Waals surface area contributed by atoms with Crippen molar-refractivity contribution in [2.45, 2.75) is 20.4 Å². The molecule has 1 aromatic heterocycles. The maximum atomic E-state index is 13.4. The van der Waals surface area contributed by atoms with Gasteiger partial charge in [-0.05, 0) is 30.7 Å². The number of halogens is 2. The molecule has 0 aliphatic carbocycles. The summed E-state index contributed by atoms with van der Waals surface area (Å²) in [5, 5.41) is 3.23. The van der Waals surface area contributed by atoms with Crippen LogP contribution in [-0.2, 0) is 6.54 Å². The molecule has 0 fully saturated rings. The third-order valence-corrected chi connectivity index (χ3v) is 3.25. The Morgan fingerprint density at radius 3 is 2.76 bits per heavy atom. The van der Waals surface area contributed by atoms with E-state index in [0.29, 0.717) is 34.0 Å². The van der Waals surface area contributed by atoms with Gasteiger partial charge in [-0.15, -0.1) is 0 Å². The maximum absolute atomic E-state index is 13.4. The van der Waals surface area contributed by atoms with Crippen molar-refractivity contribution in [3.05, 3.63) is 50.6 Å². The van der Waals surface area contributed by atoms with Gasteiger partial charge in [0.1, 0.15) is 11.6 Å². The lowest BCUT2D eigenvalue weighted by molar-refractivity contribution is 0.548. The number of nitrogens with zero attached hydrogens (tertiary/aromatic N) is 1. The predicted octanol–water partition coefficient (Wildman–Crippen LogP) is 3.08. The van der Waals surface area contributed by atoms with Crippen molar-refractivity contribution in [1.29, 1.82) is 0 Å². The molecule has 0 aliphatic heterocycles. The first-order valence-electron chi connectivity index (χ1n) is 6.71. The van der Waals surface area contributed by atoms with Crippen molar-refractivity contribution in [2.75, 3.05) is 6.54 Å². The van der Waals surface area contributed by atoms with Crippen molar-refractivity contribution in [1.82, 2.24) is 15.3 Å². The van der Waals surface area contributed by atoms with Gasteiger partial charge in [-0.1, -0.05) is 29.8 Å². The highest BCUT2D eigenvalue weighted by molar-refractivity contribution is 9.10. The molecule has 1 aromatic carbocycles. The summed E-state index contributed by atoms with van der Waals surface area (Å²) in [6, 6.07) is 5.86. The summed E-state index contributed by atoms with van der Waals surface area (Å²) in [6.45, 7) is 5.56. The zero-order chi connectivity index (χ0) is 15.4. The summed E-state index contributed by atoms with van der Waals surface area (Å²) in [6.07, 6.45) is 0. The van der Waals surface area contributed by atoms with Gasteiger partial charge in [0.2, 0.25) is 0 Å². The van der Waals surface area contributed by atoms with Crippen LogP contribution in [0.3, 0.4) is 0 Å². The monoisotopic (exact) mass is 353 g/mol. The second-order valence-electron chi connectivity index (χ2n) is 5.27. The van der Waals surface area contributed by atoms with Crippen LogP contribution < -0.4 is 10.9 Å². The molecular weight excluding hydrogens is 337 g/mol. The first-order valence-corrected chi connectivity index (χ1v) is 7.51.